The van der Waals surface area contributed by atoms with Crippen molar-refractivity contribution in [3.05, 3.63) is 35.4 Å². The summed E-state index contributed by atoms with van der Waals surface area (Å²) in [6.07, 6.45) is 1.17. The predicted octanol–water partition coefficient (Wildman–Crippen LogP) is 3.28. The molecule has 1 aliphatic rings. The van der Waals surface area contributed by atoms with Gasteiger partial charge in [0.25, 0.3) is 0 Å². The lowest BCUT2D eigenvalue weighted by molar-refractivity contribution is 0.244. The maximum absolute atomic E-state index is 3.40. The van der Waals surface area contributed by atoms with Gasteiger partial charge >= 0.3 is 0 Å². The van der Waals surface area contributed by atoms with Gasteiger partial charge in [0.1, 0.15) is 0 Å². The van der Waals surface area contributed by atoms with Crippen LogP contribution >= 0.6 is 24.8 Å². The van der Waals surface area contributed by atoms with Crippen molar-refractivity contribution >= 4 is 24.8 Å². The Morgan fingerprint density at radius 2 is 1.55 bits per heavy atom. The highest BCUT2D eigenvalue weighted by Gasteiger charge is 2.13. The zero-order valence-electron chi connectivity index (χ0n) is 12.8. The van der Waals surface area contributed by atoms with Crippen molar-refractivity contribution in [3.63, 3.8) is 0 Å². The number of hydrogen-bond donors (Lipinski definition) is 1. The molecule has 116 valence electrons. The van der Waals surface area contributed by atoms with Crippen molar-refractivity contribution in [2.75, 3.05) is 32.7 Å². The molecule has 2 rings (SSSR count). The van der Waals surface area contributed by atoms with Crippen LogP contribution in [-0.2, 0) is 11.8 Å². The first-order chi connectivity index (χ1) is 8.55. The van der Waals surface area contributed by atoms with Gasteiger partial charge in [-0.25, -0.2) is 0 Å². The van der Waals surface area contributed by atoms with E-state index in [-0.39, 0.29) is 30.2 Å². The molecule has 0 amide bonds. The first kappa shape index (κ1) is 19.7. The summed E-state index contributed by atoms with van der Waals surface area (Å²) < 4.78 is 0. The highest BCUT2D eigenvalue weighted by molar-refractivity contribution is 5.85. The maximum Gasteiger partial charge on any atom is 0.0108 e. The van der Waals surface area contributed by atoms with Crippen LogP contribution in [0.1, 0.15) is 31.9 Å². The number of nitrogens with one attached hydrogen (secondary N) is 1. The molecule has 1 saturated heterocycles. The smallest absolute Gasteiger partial charge is 0.0108 e. The molecule has 1 aromatic rings. The second kappa shape index (κ2) is 8.89. The summed E-state index contributed by atoms with van der Waals surface area (Å²) in [5.74, 6) is 0. The van der Waals surface area contributed by atoms with Gasteiger partial charge in [0.15, 0.2) is 0 Å². The van der Waals surface area contributed by atoms with Gasteiger partial charge in [-0.1, -0.05) is 45.0 Å². The van der Waals surface area contributed by atoms with Crippen molar-refractivity contribution < 1.29 is 0 Å². The van der Waals surface area contributed by atoms with E-state index in [0.717, 1.165) is 13.1 Å². The Hall–Kier alpha value is -0.280. The molecule has 0 unspecified atom stereocenters. The van der Waals surface area contributed by atoms with Gasteiger partial charge < -0.3 is 10.2 Å². The molecule has 0 radical (unpaired) electrons. The molecule has 0 aromatic heterocycles. The molecule has 20 heavy (non-hydrogen) atoms. The molecule has 1 aromatic carbocycles. The SMILES string of the molecule is CC(C)(C)c1ccc(CCN2CCNCC2)cc1.Cl.Cl. The Morgan fingerprint density at radius 1 is 1.00 bits per heavy atom. The van der Waals surface area contributed by atoms with Gasteiger partial charge in [-0.2, -0.15) is 0 Å². The van der Waals surface area contributed by atoms with E-state index >= 15 is 0 Å². The molecular formula is C16H28Cl2N2. The lowest BCUT2D eigenvalue weighted by Gasteiger charge is -2.27. The summed E-state index contributed by atoms with van der Waals surface area (Å²) >= 11 is 0. The van der Waals surface area contributed by atoms with Gasteiger partial charge in [-0.05, 0) is 23.0 Å². The first-order valence-corrected chi connectivity index (χ1v) is 7.08. The maximum atomic E-state index is 3.40. The second-order valence-corrected chi connectivity index (χ2v) is 6.29. The third-order valence-corrected chi connectivity index (χ3v) is 3.75. The minimum Gasteiger partial charge on any atom is -0.314 e. The van der Waals surface area contributed by atoms with Gasteiger partial charge in [0.05, 0.1) is 0 Å². The Bertz CT molecular complexity index is 365. The van der Waals surface area contributed by atoms with Crippen molar-refractivity contribution in [3.8, 4) is 0 Å². The van der Waals surface area contributed by atoms with E-state index in [1.165, 1.54) is 37.2 Å². The molecule has 0 spiro atoms. The van der Waals surface area contributed by atoms with Crippen molar-refractivity contribution in [1.82, 2.24) is 10.2 Å². The fraction of sp³-hybridized carbons (Fsp3) is 0.625. The Labute approximate surface area is 136 Å². The normalized spacial score (nSPS) is 16.1. The van der Waals surface area contributed by atoms with Crippen LogP contribution in [0.4, 0.5) is 0 Å². The molecule has 4 heteroatoms. The summed E-state index contributed by atoms with van der Waals surface area (Å²) in [6.45, 7) is 12.7. The minimum absolute atomic E-state index is 0. The first-order valence-electron chi connectivity index (χ1n) is 7.08. The standard InChI is InChI=1S/C16H26N2.2ClH/c1-16(2,3)15-6-4-14(5-7-15)8-11-18-12-9-17-10-13-18;;/h4-7,17H,8-13H2,1-3H3;2*1H. The molecule has 0 bridgehead atoms. The number of rotatable bonds is 3. The summed E-state index contributed by atoms with van der Waals surface area (Å²) in [7, 11) is 0. The monoisotopic (exact) mass is 318 g/mol. The van der Waals surface area contributed by atoms with Crippen LogP contribution in [0, 0.1) is 0 Å². The minimum atomic E-state index is 0. The Morgan fingerprint density at radius 3 is 2.05 bits per heavy atom. The Balaban J connectivity index is 0.00000180. The fourth-order valence-electron chi connectivity index (χ4n) is 2.39. The quantitative estimate of drug-likeness (QED) is 0.920. The van der Waals surface area contributed by atoms with Gasteiger partial charge in [0.2, 0.25) is 0 Å². The van der Waals surface area contributed by atoms with Crippen LogP contribution in [0.5, 0.6) is 0 Å². The lowest BCUT2D eigenvalue weighted by atomic mass is 9.86. The van der Waals surface area contributed by atoms with E-state index in [9.17, 15) is 0 Å². The molecule has 1 heterocycles. The average molecular weight is 319 g/mol. The van der Waals surface area contributed by atoms with Gasteiger partial charge in [0, 0.05) is 32.7 Å². The molecule has 0 saturated carbocycles. The van der Waals surface area contributed by atoms with Crippen LogP contribution in [0.15, 0.2) is 24.3 Å². The highest BCUT2D eigenvalue weighted by atomic mass is 35.5. The van der Waals surface area contributed by atoms with E-state index < -0.39 is 0 Å². The number of benzene rings is 1. The number of piperazine rings is 1. The summed E-state index contributed by atoms with van der Waals surface area (Å²) in [6, 6.07) is 9.16. The van der Waals surface area contributed by atoms with E-state index in [1.54, 1.807) is 0 Å². The Kier molecular flexibility index (Phi) is 8.76. The van der Waals surface area contributed by atoms with Crippen molar-refractivity contribution in [1.29, 1.82) is 0 Å². The molecule has 1 N–H and O–H groups in total. The van der Waals surface area contributed by atoms with Crippen LogP contribution in [0.3, 0.4) is 0 Å². The summed E-state index contributed by atoms with van der Waals surface area (Å²) in [5.41, 5.74) is 3.15. The highest BCUT2D eigenvalue weighted by Crippen LogP contribution is 2.22. The molecule has 1 aliphatic heterocycles. The molecule has 2 nitrogen and oxygen atoms in total. The van der Waals surface area contributed by atoms with E-state index in [4.69, 9.17) is 0 Å². The summed E-state index contributed by atoms with van der Waals surface area (Å²) in [4.78, 5) is 2.55. The molecule has 1 fully saturated rings. The van der Waals surface area contributed by atoms with Crippen molar-refractivity contribution in [2.45, 2.75) is 32.6 Å². The number of nitrogens with zero attached hydrogens (tertiary/aromatic N) is 1. The number of hydrogen-bond acceptors (Lipinski definition) is 2. The second-order valence-electron chi connectivity index (χ2n) is 6.29. The molecule has 0 atom stereocenters. The van der Waals surface area contributed by atoms with Crippen molar-refractivity contribution in [2.24, 2.45) is 0 Å². The van der Waals surface area contributed by atoms with Crippen LogP contribution in [0.25, 0.3) is 0 Å². The van der Waals surface area contributed by atoms with Crippen LogP contribution < -0.4 is 5.32 Å². The molecule has 0 aliphatic carbocycles. The van der Waals surface area contributed by atoms with E-state index in [0.29, 0.717) is 0 Å². The predicted molar refractivity (Wildman–Crippen MR) is 92.7 cm³/mol. The van der Waals surface area contributed by atoms with E-state index in [2.05, 4.69) is 55.3 Å². The van der Waals surface area contributed by atoms with E-state index in [1.807, 2.05) is 0 Å². The third-order valence-electron chi connectivity index (χ3n) is 3.75. The van der Waals surface area contributed by atoms with Crippen LogP contribution in [0.2, 0.25) is 0 Å². The summed E-state index contributed by atoms with van der Waals surface area (Å²) in [5, 5.41) is 3.40. The molecular weight excluding hydrogens is 291 g/mol. The lowest BCUT2D eigenvalue weighted by Crippen LogP contribution is -2.44. The average Bonchev–Trinajstić information content (AvgIpc) is 2.37. The van der Waals surface area contributed by atoms with Crippen LogP contribution in [-0.4, -0.2) is 37.6 Å². The zero-order chi connectivity index (χ0) is 13.0. The van der Waals surface area contributed by atoms with Gasteiger partial charge in [-0.15, -0.1) is 24.8 Å². The number of halogens is 2. The fourth-order valence-corrected chi connectivity index (χ4v) is 2.39. The largest absolute Gasteiger partial charge is 0.314 e. The zero-order valence-corrected chi connectivity index (χ0v) is 14.4. The van der Waals surface area contributed by atoms with Gasteiger partial charge in [-0.3, -0.25) is 0 Å². The topological polar surface area (TPSA) is 15.3 Å². The third kappa shape index (κ3) is 6.01.